The summed E-state index contributed by atoms with van der Waals surface area (Å²) < 4.78 is 24.7. The van der Waals surface area contributed by atoms with Gasteiger partial charge in [0, 0.05) is 11.6 Å². The number of rotatable bonds is 3. The van der Waals surface area contributed by atoms with Crippen molar-refractivity contribution in [2.24, 2.45) is 0 Å². The molecule has 84 valence electrons. The van der Waals surface area contributed by atoms with Crippen LogP contribution in [0.1, 0.15) is 25.3 Å². The van der Waals surface area contributed by atoms with Crippen LogP contribution in [0.15, 0.2) is 12.1 Å². The summed E-state index contributed by atoms with van der Waals surface area (Å²) in [4.78, 5) is 0. The molecule has 0 bridgehead atoms. The number of hydrogen-bond donors (Lipinski definition) is 2. The Labute approximate surface area is 139 Å². The van der Waals surface area contributed by atoms with Crippen molar-refractivity contribution in [2.75, 3.05) is 0 Å². The molecule has 1 aromatic carbocycles. The molecule has 1 unspecified atom stereocenters. The summed E-state index contributed by atoms with van der Waals surface area (Å²) in [5.74, 6) is -0.697. The molecule has 0 aliphatic rings. The Bertz CT molecular complexity index is 394. The second kappa shape index (κ2) is 6.95. The number of aromatic hydroxyl groups is 2. The van der Waals surface area contributed by atoms with Crippen molar-refractivity contribution in [3.05, 3.63) is 17.7 Å². The molecule has 0 fully saturated rings. The summed E-state index contributed by atoms with van der Waals surface area (Å²) in [5.41, 5.74) is 0.525. The van der Waals surface area contributed by atoms with Crippen molar-refractivity contribution in [3.8, 4) is 17.2 Å². The van der Waals surface area contributed by atoms with Crippen molar-refractivity contribution in [1.29, 1.82) is 0 Å². The second-order valence-electron chi connectivity index (χ2n) is 3.32. The van der Waals surface area contributed by atoms with Crippen LogP contribution < -0.4 is 55.6 Å². The Balaban J connectivity index is 0.00000225. The first-order valence-electron chi connectivity index (χ1n) is 4.25. The fraction of sp³-hybridized carbons (Fsp3) is 0.333. The van der Waals surface area contributed by atoms with Gasteiger partial charge in [-0.05, 0) is 12.0 Å². The average molecular weight is 270 g/mol. The maximum atomic E-state index is 10.2. The predicted molar refractivity (Wildman–Crippen MR) is 53.4 cm³/mol. The normalized spacial score (nSPS) is 12.0. The monoisotopic (exact) mass is 270 g/mol. The SMILES string of the molecule is CC(C)c1cc(O)c(OS(=O)[O-])cc1O.[K+]. The van der Waals surface area contributed by atoms with Gasteiger partial charge < -0.3 is 18.9 Å². The minimum Gasteiger partial charge on any atom is -0.740 e. The molecule has 1 atom stereocenters. The van der Waals surface area contributed by atoms with Gasteiger partial charge >= 0.3 is 51.4 Å². The van der Waals surface area contributed by atoms with Crippen LogP contribution in [0.5, 0.6) is 17.2 Å². The fourth-order valence-electron chi connectivity index (χ4n) is 1.18. The van der Waals surface area contributed by atoms with Crippen molar-refractivity contribution in [2.45, 2.75) is 19.8 Å². The second-order valence-corrected chi connectivity index (χ2v) is 3.90. The van der Waals surface area contributed by atoms with Crippen LogP contribution in [0.3, 0.4) is 0 Å². The molecule has 2 N–H and O–H groups in total. The van der Waals surface area contributed by atoms with Gasteiger partial charge in [-0.25, -0.2) is 4.21 Å². The van der Waals surface area contributed by atoms with Crippen LogP contribution in [-0.2, 0) is 11.4 Å². The Hall–Kier alpha value is 0.366. The Kier molecular flexibility index (Phi) is 7.11. The molecule has 0 spiro atoms. The molecule has 0 aliphatic heterocycles. The van der Waals surface area contributed by atoms with Crippen molar-refractivity contribution in [1.82, 2.24) is 0 Å². The Morgan fingerprint density at radius 2 is 1.88 bits per heavy atom. The van der Waals surface area contributed by atoms with Crippen LogP contribution in [0.4, 0.5) is 0 Å². The summed E-state index contributed by atoms with van der Waals surface area (Å²) in [6, 6.07) is 2.35. The summed E-state index contributed by atoms with van der Waals surface area (Å²) in [5, 5.41) is 18.9. The minimum absolute atomic E-state index is 0. The number of phenolic OH excluding ortho intramolecular Hbond substituents is 2. The van der Waals surface area contributed by atoms with Crippen LogP contribution in [0.25, 0.3) is 0 Å². The molecule has 0 aliphatic carbocycles. The van der Waals surface area contributed by atoms with Gasteiger partial charge in [0.1, 0.15) is 17.1 Å². The van der Waals surface area contributed by atoms with Crippen molar-refractivity contribution < 1.29 is 74.5 Å². The van der Waals surface area contributed by atoms with E-state index in [1.807, 2.05) is 13.8 Å². The smallest absolute Gasteiger partial charge is 0.740 e. The van der Waals surface area contributed by atoms with Crippen LogP contribution in [0.2, 0.25) is 0 Å². The van der Waals surface area contributed by atoms with Gasteiger partial charge in [0.2, 0.25) is 0 Å². The maximum absolute atomic E-state index is 10.2. The van der Waals surface area contributed by atoms with E-state index in [9.17, 15) is 19.0 Å². The number of hydrogen-bond acceptors (Lipinski definition) is 5. The quantitative estimate of drug-likeness (QED) is 0.392. The standard InChI is InChI=1S/C9H12O5S.K/c1-5(2)6-3-8(11)9(4-7(6)10)14-15(12)13;/h3-5,10-11H,1-2H3,(H,12,13);/q;+1/p-1. The topological polar surface area (TPSA) is 89.8 Å². The first-order chi connectivity index (χ1) is 6.91. The minimum atomic E-state index is -2.77. The third kappa shape index (κ3) is 4.32. The van der Waals surface area contributed by atoms with E-state index in [1.54, 1.807) is 0 Å². The fourth-order valence-corrected chi connectivity index (χ4v) is 1.46. The molecule has 16 heavy (non-hydrogen) atoms. The van der Waals surface area contributed by atoms with Gasteiger partial charge in [0.15, 0.2) is 11.5 Å². The van der Waals surface area contributed by atoms with Crippen molar-refractivity contribution >= 4 is 11.4 Å². The zero-order chi connectivity index (χ0) is 11.6. The van der Waals surface area contributed by atoms with E-state index < -0.39 is 11.4 Å². The molecule has 0 radical (unpaired) electrons. The molecule has 1 aromatic rings. The Morgan fingerprint density at radius 1 is 1.31 bits per heavy atom. The van der Waals surface area contributed by atoms with E-state index in [0.29, 0.717) is 5.56 Å². The van der Waals surface area contributed by atoms with Gasteiger partial charge in [-0.3, -0.25) is 0 Å². The van der Waals surface area contributed by atoms with E-state index in [-0.39, 0.29) is 74.6 Å². The molecular weight excluding hydrogens is 259 g/mol. The molecule has 0 aromatic heterocycles. The zero-order valence-electron chi connectivity index (χ0n) is 9.26. The molecule has 0 saturated heterocycles. The average Bonchev–Trinajstić information content (AvgIpc) is 2.09. The van der Waals surface area contributed by atoms with Crippen LogP contribution in [0, 0.1) is 0 Å². The first kappa shape index (κ1) is 16.4. The zero-order valence-corrected chi connectivity index (χ0v) is 13.2. The number of phenols is 2. The molecule has 5 nitrogen and oxygen atoms in total. The van der Waals surface area contributed by atoms with Gasteiger partial charge in [0.25, 0.3) is 0 Å². The van der Waals surface area contributed by atoms with E-state index in [1.165, 1.54) is 6.07 Å². The molecule has 0 amide bonds. The number of benzene rings is 1. The summed E-state index contributed by atoms with van der Waals surface area (Å²) in [6.45, 7) is 3.67. The summed E-state index contributed by atoms with van der Waals surface area (Å²) >= 11 is -2.77. The van der Waals surface area contributed by atoms with Crippen molar-refractivity contribution in [3.63, 3.8) is 0 Å². The largest absolute Gasteiger partial charge is 1.00 e. The van der Waals surface area contributed by atoms with E-state index in [2.05, 4.69) is 4.18 Å². The van der Waals surface area contributed by atoms with Crippen LogP contribution >= 0.6 is 0 Å². The van der Waals surface area contributed by atoms with Gasteiger partial charge in [-0.15, -0.1) is 0 Å². The summed E-state index contributed by atoms with van der Waals surface area (Å²) in [7, 11) is 0. The molecule has 0 heterocycles. The molecule has 1 rings (SSSR count). The third-order valence-corrected chi connectivity index (χ3v) is 2.20. The van der Waals surface area contributed by atoms with Gasteiger partial charge in [-0.2, -0.15) is 0 Å². The first-order valence-corrected chi connectivity index (χ1v) is 5.25. The van der Waals surface area contributed by atoms with E-state index in [4.69, 9.17) is 0 Å². The Morgan fingerprint density at radius 3 is 2.31 bits per heavy atom. The maximum Gasteiger partial charge on any atom is 1.00 e. The third-order valence-electron chi connectivity index (χ3n) is 1.89. The predicted octanol–water partition coefficient (Wildman–Crippen LogP) is -1.60. The van der Waals surface area contributed by atoms with E-state index >= 15 is 0 Å². The molecule has 7 heteroatoms. The molecular formula is C9H11KO5S. The van der Waals surface area contributed by atoms with Crippen LogP contribution in [-0.4, -0.2) is 19.0 Å². The molecule has 0 saturated carbocycles. The van der Waals surface area contributed by atoms with Gasteiger partial charge in [0.05, 0.1) is 0 Å². The summed E-state index contributed by atoms with van der Waals surface area (Å²) in [6.07, 6.45) is 0. The van der Waals surface area contributed by atoms with E-state index in [0.717, 1.165) is 6.07 Å². The van der Waals surface area contributed by atoms with Gasteiger partial charge in [-0.1, -0.05) is 13.8 Å².